The number of aromatic carboxylic acids is 4. The molecule has 0 fully saturated rings. The third kappa shape index (κ3) is 6.98. The molecule has 0 aliphatic carbocycles. The Labute approximate surface area is 156 Å². The SMILES string of the molecule is O=C([O-])c1ccc(C(=O)[O-])cc1.O=C([O-])c1ccc(C(=O)[O-])cc1.[Ti+4]. The summed E-state index contributed by atoms with van der Waals surface area (Å²) in [4.78, 5) is 40.8. The predicted octanol–water partition coefficient (Wildman–Crippen LogP) is -3.18. The summed E-state index contributed by atoms with van der Waals surface area (Å²) in [7, 11) is 0. The van der Waals surface area contributed by atoms with Crippen molar-refractivity contribution in [1.82, 2.24) is 0 Å². The average molecular weight is 376 g/mol. The van der Waals surface area contributed by atoms with Crippen molar-refractivity contribution >= 4 is 23.9 Å². The molecule has 0 N–H and O–H groups in total. The van der Waals surface area contributed by atoms with Gasteiger partial charge in [0.05, 0.1) is 23.9 Å². The van der Waals surface area contributed by atoms with E-state index < -0.39 is 23.9 Å². The number of carboxylic acids is 4. The number of hydrogen-bond donors (Lipinski definition) is 0. The molecule has 0 atom stereocenters. The molecule has 25 heavy (non-hydrogen) atoms. The van der Waals surface area contributed by atoms with E-state index in [0.29, 0.717) is 0 Å². The van der Waals surface area contributed by atoms with Crippen molar-refractivity contribution in [3.63, 3.8) is 0 Å². The Balaban J connectivity index is 0.000000443. The molecule has 8 nitrogen and oxygen atoms in total. The number of carbonyl (C=O) groups is 4. The molecule has 0 aliphatic rings. The van der Waals surface area contributed by atoms with Crippen LogP contribution in [0.5, 0.6) is 0 Å². The van der Waals surface area contributed by atoms with Crippen molar-refractivity contribution in [3.8, 4) is 0 Å². The van der Waals surface area contributed by atoms with Gasteiger partial charge in [0.25, 0.3) is 0 Å². The fourth-order valence-electron chi connectivity index (χ4n) is 1.48. The largest absolute Gasteiger partial charge is 4.00 e. The van der Waals surface area contributed by atoms with Crippen LogP contribution >= 0.6 is 0 Å². The van der Waals surface area contributed by atoms with Crippen LogP contribution in [0.3, 0.4) is 0 Å². The van der Waals surface area contributed by atoms with Crippen LogP contribution in [0.25, 0.3) is 0 Å². The van der Waals surface area contributed by atoms with Crippen molar-refractivity contribution < 1.29 is 61.3 Å². The van der Waals surface area contributed by atoms with Gasteiger partial charge in [-0.05, 0) is 22.3 Å². The standard InChI is InChI=1S/2C8H6O4.Ti/c2*9-7(10)5-1-2-6(4-3-5)8(11)12;/h2*1-4H,(H,9,10)(H,11,12);/q;;+4/p-4. The van der Waals surface area contributed by atoms with Gasteiger partial charge in [0.15, 0.2) is 0 Å². The molecule has 0 bridgehead atoms. The van der Waals surface area contributed by atoms with E-state index >= 15 is 0 Å². The molecule has 0 spiro atoms. The normalized spacial score (nSPS) is 8.96. The van der Waals surface area contributed by atoms with Gasteiger partial charge in [0, 0.05) is 0 Å². The molecule has 0 saturated heterocycles. The topological polar surface area (TPSA) is 161 Å². The first-order valence-corrected chi connectivity index (χ1v) is 6.28. The van der Waals surface area contributed by atoms with E-state index in [4.69, 9.17) is 0 Å². The summed E-state index contributed by atoms with van der Waals surface area (Å²) in [5.41, 5.74) is -0.222. The smallest absolute Gasteiger partial charge is 0.545 e. The van der Waals surface area contributed by atoms with Crippen LogP contribution in [0.15, 0.2) is 48.5 Å². The minimum atomic E-state index is -1.33. The van der Waals surface area contributed by atoms with Crippen LogP contribution in [-0.2, 0) is 21.7 Å². The molecule has 0 unspecified atom stereocenters. The molecule has 0 aliphatic heterocycles. The maximum Gasteiger partial charge on any atom is 4.00 e. The van der Waals surface area contributed by atoms with Gasteiger partial charge in [-0.3, -0.25) is 0 Å². The molecular formula is C16H8O8Ti. The van der Waals surface area contributed by atoms with E-state index in [1.807, 2.05) is 0 Å². The number of carbonyl (C=O) groups excluding carboxylic acids is 4. The minimum Gasteiger partial charge on any atom is -0.545 e. The summed E-state index contributed by atoms with van der Waals surface area (Å²) in [6.07, 6.45) is 0. The molecule has 2 rings (SSSR count). The van der Waals surface area contributed by atoms with Gasteiger partial charge in [-0.25, -0.2) is 0 Å². The zero-order valence-electron chi connectivity index (χ0n) is 12.4. The van der Waals surface area contributed by atoms with E-state index in [2.05, 4.69) is 0 Å². The Morgan fingerprint density at radius 3 is 0.640 bits per heavy atom. The molecule has 9 heteroatoms. The second-order valence-corrected chi connectivity index (χ2v) is 4.30. The Bertz CT molecular complexity index is 632. The summed E-state index contributed by atoms with van der Waals surface area (Å²) in [6.45, 7) is 0. The third-order valence-corrected chi connectivity index (χ3v) is 2.71. The second-order valence-electron chi connectivity index (χ2n) is 4.30. The molecule has 124 valence electrons. The molecule has 0 amide bonds. The van der Waals surface area contributed by atoms with Crippen molar-refractivity contribution in [1.29, 1.82) is 0 Å². The van der Waals surface area contributed by atoms with E-state index in [1.54, 1.807) is 0 Å². The van der Waals surface area contributed by atoms with Crippen molar-refractivity contribution in [3.05, 3.63) is 70.8 Å². The average Bonchev–Trinajstić information content (AvgIpc) is 2.55. The van der Waals surface area contributed by atoms with Gasteiger partial charge in [0.1, 0.15) is 0 Å². The van der Waals surface area contributed by atoms with Crippen molar-refractivity contribution in [2.75, 3.05) is 0 Å². The Morgan fingerprint density at radius 2 is 0.560 bits per heavy atom. The third-order valence-electron chi connectivity index (χ3n) is 2.71. The molecule has 2 aromatic rings. The summed E-state index contributed by atoms with van der Waals surface area (Å²) < 4.78 is 0. The van der Waals surface area contributed by atoms with E-state index in [0.717, 1.165) is 48.5 Å². The van der Waals surface area contributed by atoms with Crippen LogP contribution < -0.4 is 20.4 Å². The minimum absolute atomic E-state index is 0. The van der Waals surface area contributed by atoms with E-state index in [9.17, 15) is 39.6 Å². The maximum atomic E-state index is 10.2. The molecule has 0 saturated carbocycles. The monoisotopic (exact) mass is 376 g/mol. The molecular weight excluding hydrogens is 368 g/mol. The molecule has 2 aromatic carbocycles. The first-order chi connectivity index (χ1) is 11.2. The first-order valence-electron chi connectivity index (χ1n) is 6.28. The van der Waals surface area contributed by atoms with Crippen molar-refractivity contribution in [2.24, 2.45) is 0 Å². The summed E-state index contributed by atoms with van der Waals surface area (Å²) in [5.74, 6) is -5.33. The zero-order chi connectivity index (χ0) is 18.3. The predicted molar refractivity (Wildman–Crippen MR) is 70.2 cm³/mol. The van der Waals surface area contributed by atoms with E-state index in [-0.39, 0.29) is 44.0 Å². The van der Waals surface area contributed by atoms with Gasteiger partial charge >= 0.3 is 21.7 Å². The van der Waals surface area contributed by atoms with Gasteiger partial charge in [-0.2, -0.15) is 0 Å². The van der Waals surface area contributed by atoms with Crippen LogP contribution in [0, 0.1) is 0 Å². The Morgan fingerprint density at radius 1 is 0.440 bits per heavy atom. The van der Waals surface area contributed by atoms with Gasteiger partial charge in [0.2, 0.25) is 0 Å². The fourth-order valence-corrected chi connectivity index (χ4v) is 1.48. The van der Waals surface area contributed by atoms with Crippen LogP contribution in [0.2, 0.25) is 0 Å². The van der Waals surface area contributed by atoms with Crippen LogP contribution in [0.4, 0.5) is 0 Å². The van der Waals surface area contributed by atoms with E-state index in [1.165, 1.54) is 0 Å². The quantitative estimate of drug-likeness (QED) is 0.505. The molecule has 0 radical (unpaired) electrons. The van der Waals surface area contributed by atoms with Gasteiger partial charge in [-0.15, -0.1) is 0 Å². The fraction of sp³-hybridized carbons (Fsp3) is 0. The number of hydrogen-bond acceptors (Lipinski definition) is 8. The number of rotatable bonds is 4. The summed E-state index contributed by atoms with van der Waals surface area (Å²) in [5, 5.41) is 40.8. The first kappa shape index (κ1) is 22.0. The van der Waals surface area contributed by atoms with Gasteiger partial charge in [-0.1, -0.05) is 48.5 Å². The summed E-state index contributed by atoms with van der Waals surface area (Å²) >= 11 is 0. The number of benzene rings is 2. The number of carboxylic acid groups (broad SMARTS) is 4. The van der Waals surface area contributed by atoms with Gasteiger partial charge < -0.3 is 39.6 Å². The molecule has 0 heterocycles. The van der Waals surface area contributed by atoms with Crippen LogP contribution in [-0.4, -0.2) is 23.9 Å². The molecule has 0 aromatic heterocycles. The zero-order valence-corrected chi connectivity index (χ0v) is 13.9. The second kappa shape index (κ2) is 10.0. The maximum absolute atomic E-state index is 10.2. The Hall–Kier alpha value is -2.97. The summed E-state index contributed by atoms with van der Waals surface area (Å²) in [6, 6.07) is 9.23. The van der Waals surface area contributed by atoms with Crippen LogP contribution in [0.1, 0.15) is 41.4 Å². The van der Waals surface area contributed by atoms with Crippen molar-refractivity contribution in [2.45, 2.75) is 0 Å². The Kier molecular flexibility index (Phi) is 8.83.